The third kappa shape index (κ3) is 2.45. The smallest absolute Gasteiger partial charge is 0.327 e. The van der Waals surface area contributed by atoms with Crippen LogP contribution in [0.1, 0.15) is 31.7 Å². The number of nitrogens with two attached hydrogens (primary N) is 1. The van der Waals surface area contributed by atoms with Crippen molar-refractivity contribution in [2.45, 2.75) is 37.8 Å². The van der Waals surface area contributed by atoms with Crippen molar-refractivity contribution in [2.75, 3.05) is 0 Å². The van der Waals surface area contributed by atoms with Crippen LogP contribution in [-0.4, -0.2) is 17.6 Å². The van der Waals surface area contributed by atoms with E-state index in [0.29, 0.717) is 11.4 Å². The van der Waals surface area contributed by atoms with Gasteiger partial charge < -0.3 is 10.5 Å². The Labute approximate surface area is 106 Å². The number of hydrogen-bond acceptors (Lipinski definition) is 3. The zero-order valence-electron chi connectivity index (χ0n) is 9.94. The molecule has 4 heteroatoms. The summed E-state index contributed by atoms with van der Waals surface area (Å²) in [6.07, 6.45) is 0.488. The Kier molecular flexibility index (Phi) is 3.15. The van der Waals surface area contributed by atoms with Crippen molar-refractivity contribution in [3.8, 4) is 0 Å². The lowest BCUT2D eigenvalue weighted by molar-refractivity contribution is -0.150. The average Bonchev–Trinajstić information content (AvgIpc) is 2.91. The van der Waals surface area contributed by atoms with Gasteiger partial charge in [-0.3, -0.25) is 4.79 Å². The fraction of sp³-hybridized carbons (Fsp3) is 0.462. The van der Waals surface area contributed by atoms with Gasteiger partial charge in [-0.05, 0) is 38.0 Å². The van der Waals surface area contributed by atoms with E-state index in [-0.39, 0.29) is 18.0 Å². The first-order valence-electron chi connectivity index (χ1n) is 5.69. The summed E-state index contributed by atoms with van der Waals surface area (Å²) in [5.41, 5.74) is 6.18. The molecule has 1 aliphatic rings. The van der Waals surface area contributed by atoms with E-state index < -0.39 is 5.54 Å². The highest BCUT2D eigenvalue weighted by molar-refractivity contribution is 6.30. The molecule has 1 saturated carbocycles. The molecule has 0 heterocycles. The largest absolute Gasteiger partial charge is 0.462 e. The van der Waals surface area contributed by atoms with Crippen molar-refractivity contribution in [3.63, 3.8) is 0 Å². The molecule has 0 bridgehead atoms. The Balaban J connectivity index is 2.11. The van der Waals surface area contributed by atoms with Crippen LogP contribution < -0.4 is 5.73 Å². The quantitative estimate of drug-likeness (QED) is 0.842. The van der Waals surface area contributed by atoms with Gasteiger partial charge in [0.1, 0.15) is 5.54 Å². The van der Waals surface area contributed by atoms with E-state index in [2.05, 4.69) is 0 Å². The molecule has 0 amide bonds. The van der Waals surface area contributed by atoms with E-state index in [4.69, 9.17) is 22.1 Å². The van der Waals surface area contributed by atoms with Crippen molar-refractivity contribution in [1.29, 1.82) is 0 Å². The van der Waals surface area contributed by atoms with Gasteiger partial charge in [-0.15, -0.1) is 0 Å². The van der Waals surface area contributed by atoms with Gasteiger partial charge in [-0.25, -0.2) is 0 Å². The van der Waals surface area contributed by atoms with Crippen LogP contribution in [-0.2, 0) is 9.53 Å². The lowest BCUT2D eigenvalue weighted by Crippen LogP contribution is -2.37. The Morgan fingerprint density at radius 3 is 2.88 bits per heavy atom. The van der Waals surface area contributed by atoms with Crippen LogP contribution in [0, 0.1) is 0 Å². The number of hydrogen-bond donors (Lipinski definition) is 1. The van der Waals surface area contributed by atoms with E-state index in [1.807, 2.05) is 32.0 Å². The number of carbonyl (C=O) groups excluding carboxylic acids is 1. The van der Waals surface area contributed by atoms with Crippen LogP contribution in [0.4, 0.5) is 0 Å². The van der Waals surface area contributed by atoms with Gasteiger partial charge in [-0.1, -0.05) is 23.7 Å². The zero-order valence-corrected chi connectivity index (χ0v) is 10.7. The van der Waals surface area contributed by atoms with Crippen LogP contribution in [0.25, 0.3) is 0 Å². The standard InChI is InChI=1S/C13H16ClNO2/c1-8(2)17-12(16)13(15)7-11(13)9-4-3-5-10(14)6-9/h3-6,8,11H,7,15H2,1-2H3. The number of esters is 1. The Morgan fingerprint density at radius 1 is 1.59 bits per heavy atom. The Hall–Kier alpha value is -1.06. The van der Waals surface area contributed by atoms with Gasteiger partial charge in [0, 0.05) is 10.9 Å². The molecule has 1 aromatic rings. The van der Waals surface area contributed by atoms with E-state index >= 15 is 0 Å². The molecule has 1 fully saturated rings. The second kappa shape index (κ2) is 4.31. The molecule has 2 unspecified atom stereocenters. The lowest BCUT2D eigenvalue weighted by Gasteiger charge is -2.14. The van der Waals surface area contributed by atoms with Crippen LogP contribution in [0.3, 0.4) is 0 Å². The SMILES string of the molecule is CC(C)OC(=O)C1(N)CC1c1cccc(Cl)c1. The lowest BCUT2D eigenvalue weighted by atomic mass is 10.1. The molecule has 1 aliphatic carbocycles. The van der Waals surface area contributed by atoms with E-state index in [1.54, 1.807) is 6.07 Å². The summed E-state index contributed by atoms with van der Waals surface area (Å²) in [7, 11) is 0. The number of halogens is 1. The van der Waals surface area contributed by atoms with Crippen molar-refractivity contribution in [1.82, 2.24) is 0 Å². The van der Waals surface area contributed by atoms with Gasteiger partial charge in [-0.2, -0.15) is 0 Å². The minimum absolute atomic E-state index is 0.0208. The average molecular weight is 254 g/mol. The predicted molar refractivity (Wildman–Crippen MR) is 67.0 cm³/mol. The summed E-state index contributed by atoms with van der Waals surface area (Å²) in [5.74, 6) is -0.301. The van der Waals surface area contributed by atoms with Gasteiger partial charge in [0.25, 0.3) is 0 Å². The molecule has 0 saturated heterocycles. The van der Waals surface area contributed by atoms with Crippen molar-refractivity contribution in [2.24, 2.45) is 5.73 Å². The first kappa shape index (κ1) is 12.4. The molecule has 17 heavy (non-hydrogen) atoms. The molecule has 2 rings (SSSR count). The Morgan fingerprint density at radius 2 is 2.29 bits per heavy atom. The molecule has 2 N–H and O–H groups in total. The van der Waals surface area contributed by atoms with Crippen molar-refractivity contribution >= 4 is 17.6 Å². The second-order valence-electron chi connectivity index (χ2n) is 4.81. The topological polar surface area (TPSA) is 52.3 Å². The molecule has 0 spiro atoms. The highest BCUT2D eigenvalue weighted by Crippen LogP contribution is 2.50. The molecule has 0 aliphatic heterocycles. The molecular weight excluding hydrogens is 238 g/mol. The van der Waals surface area contributed by atoms with Crippen LogP contribution >= 0.6 is 11.6 Å². The summed E-state index contributed by atoms with van der Waals surface area (Å²) in [5, 5.41) is 0.661. The minimum atomic E-state index is -0.866. The maximum absolute atomic E-state index is 11.8. The summed E-state index contributed by atoms with van der Waals surface area (Å²) < 4.78 is 5.16. The normalized spacial score (nSPS) is 27.0. The fourth-order valence-electron chi connectivity index (χ4n) is 1.97. The van der Waals surface area contributed by atoms with E-state index in [0.717, 1.165) is 5.56 Å². The van der Waals surface area contributed by atoms with Gasteiger partial charge in [0.05, 0.1) is 6.10 Å². The molecule has 3 nitrogen and oxygen atoms in total. The highest BCUT2D eigenvalue weighted by Gasteiger charge is 2.59. The predicted octanol–water partition coefficient (Wildman–Crippen LogP) is 2.48. The minimum Gasteiger partial charge on any atom is -0.462 e. The van der Waals surface area contributed by atoms with Crippen LogP contribution in [0.5, 0.6) is 0 Å². The molecule has 1 aromatic carbocycles. The third-order valence-corrected chi connectivity index (χ3v) is 3.21. The highest BCUT2D eigenvalue weighted by atomic mass is 35.5. The number of ether oxygens (including phenoxy) is 1. The number of rotatable bonds is 3. The fourth-order valence-corrected chi connectivity index (χ4v) is 2.17. The van der Waals surface area contributed by atoms with Crippen LogP contribution in [0.2, 0.25) is 5.02 Å². The van der Waals surface area contributed by atoms with E-state index in [1.165, 1.54) is 0 Å². The van der Waals surface area contributed by atoms with Crippen LogP contribution in [0.15, 0.2) is 24.3 Å². The molecular formula is C13H16ClNO2. The Bertz CT molecular complexity index is 447. The first-order valence-corrected chi connectivity index (χ1v) is 6.06. The molecule has 2 atom stereocenters. The second-order valence-corrected chi connectivity index (χ2v) is 5.24. The van der Waals surface area contributed by atoms with Gasteiger partial charge in [0.15, 0.2) is 0 Å². The van der Waals surface area contributed by atoms with E-state index in [9.17, 15) is 4.79 Å². The summed E-state index contributed by atoms with van der Waals surface area (Å²) >= 11 is 5.92. The van der Waals surface area contributed by atoms with Gasteiger partial charge >= 0.3 is 5.97 Å². The summed E-state index contributed by atoms with van der Waals surface area (Å²) in [6, 6.07) is 7.46. The monoisotopic (exact) mass is 253 g/mol. The zero-order chi connectivity index (χ0) is 12.6. The number of carbonyl (C=O) groups is 1. The molecule has 92 valence electrons. The van der Waals surface area contributed by atoms with Gasteiger partial charge in [0.2, 0.25) is 0 Å². The summed E-state index contributed by atoms with van der Waals surface area (Å²) in [6.45, 7) is 3.63. The van der Waals surface area contributed by atoms with Crippen molar-refractivity contribution < 1.29 is 9.53 Å². The first-order chi connectivity index (χ1) is 7.93. The maximum Gasteiger partial charge on any atom is 0.327 e. The third-order valence-electron chi connectivity index (χ3n) is 2.98. The van der Waals surface area contributed by atoms with Crippen molar-refractivity contribution in [3.05, 3.63) is 34.9 Å². The summed E-state index contributed by atoms with van der Waals surface area (Å²) in [4.78, 5) is 11.8. The maximum atomic E-state index is 11.8. The number of benzene rings is 1. The molecule has 0 aromatic heterocycles. The molecule has 0 radical (unpaired) electrons.